The SMILES string of the molecule is CC1CC(C)C(N2CC(C)OC(C)(C)C2)C(O)C1. The topological polar surface area (TPSA) is 32.7 Å². The van der Waals surface area contributed by atoms with Gasteiger partial charge in [0.05, 0.1) is 17.8 Å². The maximum Gasteiger partial charge on any atom is 0.0757 e. The second-order valence-electron chi connectivity index (χ2n) is 7.23. The van der Waals surface area contributed by atoms with Gasteiger partial charge in [-0.05, 0) is 45.4 Å². The highest BCUT2D eigenvalue weighted by molar-refractivity contribution is 4.94. The minimum atomic E-state index is -0.176. The van der Waals surface area contributed by atoms with E-state index in [1.807, 2.05) is 0 Å². The molecule has 5 unspecified atom stereocenters. The van der Waals surface area contributed by atoms with E-state index < -0.39 is 0 Å². The predicted octanol–water partition coefficient (Wildman–Crippen LogP) is 2.28. The van der Waals surface area contributed by atoms with E-state index in [0.29, 0.717) is 17.9 Å². The zero-order chi connectivity index (χ0) is 13.5. The van der Waals surface area contributed by atoms with E-state index in [1.54, 1.807) is 0 Å². The van der Waals surface area contributed by atoms with Gasteiger partial charge in [0.2, 0.25) is 0 Å². The molecule has 18 heavy (non-hydrogen) atoms. The van der Waals surface area contributed by atoms with Gasteiger partial charge in [-0.25, -0.2) is 0 Å². The van der Waals surface area contributed by atoms with Crippen LogP contribution >= 0.6 is 0 Å². The molecule has 2 aliphatic rings. The zero-order valence-electron chi connectivity index (χ0n) is 12.5. The summed E-state index contributed by atoms with van der Waals surface area (Å²) in [7, 11) is 0. The summed E-state index contributed by atoms with van der Waals surface area (Å²) in [4.78, 5) is 2.47. The Hall–Kier alpha value is -0.120. The molecule has 3 nitrogen and oxygen atoms in total. The van der Waals surface area contributed by atoms with Crippen LogP contribution in [0.25, 0.3) is 0 Å². The van der Waals surface area contributed by atoms with E-state index in [4.69, 9.17) is 4.74 Å². The summed E-state index contributed by atoms with van der Waals surface area (Å²) in [5.41, 5.74) is -0.0971. The Morgan fingerprint density at radius 1 is 1.17 bits per heavy atom. The Kier molecular flexibility index (Phi) is 4.05. The van der Waals surface area contributed by atoms with Crippen molar-refractivity contribution in [3.05, 3.63) is 0 Å². The number of rotatable bonds is 1. The second kappa shape index (κ2) is 5.10. The van der Waals surface area contributed by atoms with Crippen LogP contribution in [-0.4, -0.2) is 46.9 Å². The van der Waals surface area contributed by atoms with Crippen LogP contribution in [0, 0.1) is 11.8 Å². The third-order valence-corrected chi connectivity index (χ3v) is 4.41. The van der Waals surface area contributed by atoms with Crippen LogP contribution in [0.1, 0.15) is 47.5 Å². The molecule has 0 radical (unpaired) electrons. The number of aliphatic hydroxyl groups is 1. The quantitative estimate of drug-likeness (QED) is 0.780. The minimum absolute atomic E-state index is 0.0971. The first-order chi connectivity index (χ1) is 8.28. The van der Waals surface area contributed by atoms with Gasteiger partial charge < -0.3 is 9.84 Å². The Bertz CT molecular complexity index is 280. The van der Waals surface area contributed by atoms with Crippen molar-refractivity contribution in [2.24, 2.45) is 11.8 Å². The largest absolute Gasteiger partial charge is 0.391 e. The maximum atomic E-state index is 10.4. The highest BCUT2D eigenvalue weighted by atomic mass is 16.5. The highest BCUT2D eigenvalue weighted by Crippen LogP contribution is 2.35. The third kappa shape index (κ3) is 3.06. The van der Waals surface area contributed by atoms with Gasteiger partial charge in [-0.3, -0.25) is 4.90 Å². The fraction of sp³-hybridized carbons (Fsp3) is 1.00. The molecule has 1 N–H and O–H groups in total. The lowest BCUT2D eigenvalue weighted by molar-refractivity contribution is -0.158. The monoisotopic (exact) mass is 255 g/mol. The predicted molar refractivity (Wildman–Crippen MR) is 73.6 cm³/mol. The molecule has 0 spiro atoms. The first-order valence-electron chi connectivity index (χ1n) is 7.38. The minimum Gasteiger partial charge on any atom is -0.391 e. The van der Waals surface area contributed by atoms with Crippen LogP contribution in [0.15, 0.2) is 0 Å². The van der Waals surface area contributed by atoms with Gasteiger partial charge in [-0.2, -0.15) is 0 Å². The summed E-state index contributed by atoms with van der Waals surface area (Å²) in [5.74, 6) is 1.22. The summed E-state index contributed by atoms with van der Waals surface area (Å²) >= 11 is 0. The first-order valence-corrected chi connectivity index (χ1v) is 7.38. The Balaban J connectivity index is 2.09. The van der Waals surface area contributed by atoms with Gasteiger partial charge in [-0.1, -0.05) is 13.8 Å². The Morgan fingerprint density at radius 3 is 2.39 bits per heavy atom. The smallest absolute Gasteiger partial charge is 0.0757 e. The summed E-state index contributed by atoms with van der Waals surface area (Å²) in [6.07, 6.45) is 2.26. The van der Waals surface area contributed by atoms with Crippen molar-refractivity contribution in [2.45, 2.75) is 71.3 Å². The van der Waals surface area contributed by atoms with E-state index >= 15 is 0 Å². The molecule has 2 rings (SSSR count). The lowest BCUT2D eigenvalue weighted by Crippen LogP contribution is -2.60. The van der Waals surface area contributed by atoms with Gasteiger partial charge >= 0.3 is 0 Å². The van der Waals surface area contributed by atoms with Crippen LogP contribution in [0.4, 0.5) is 0 Å². The molecule has 5 atom stereocenters. The van der Waals surface area contributed by atoms with Crippen molar-refractivity contribution < 1.29 is 9.84 Å². The molecule has 2 fully saturated rings. The fourth-order valence-corrected chi connectivity index (χ4v) is 4.13. The molecule has 3 heteroatoms. The van der Waals surface area contributed by atoms with Gasteiger partial charge in [0, 0.05) is 19.1 Å². The van der Waals surface area contributed by atoms with Gasteiger partial charge in [0.25, 0.3) is 0 Å². The van der Waals surface area contributed by atoms with E-state index in [-0.39, 0.29) is 17.8 Å². The van der Waals surface area contributed by atoms with Crippen molar-refractivity contribution in [2.75, 3.05) is 13.1 Å². The number of nitrogens with zero attached hydrogens (tertiary/aromatic N) is 1. The molecule has 0 aromatic carbocycles. The molecule has 0 bridgehead atoms. The average Bonchev–Trinajstić information content (AvgIpc) is 2.11. The van der Waals surface area contributed by atoms with Crippen molar-refractivity contribution in [3.63, 3.8) is 0 Å². The van der Waals surface area contributed by atoms with Crippen molar-refractivity contribution in [3.8, 4) is 0 Å². The molecule has 106 valence electrons. The van der Waals surface area contributed by atoms with Crippen molar-refractivity contribution >= 4 is 0 Å². The Labute approximate surface area is 112 Å². The second-order valence-corrected chi connectivity index (χ2v) is 7.23. The highest BCUT2D eigenvalue weighted by Gasteiger charge is 2.41. The van der Waals surface area contributed by atoms with Crippen molar-refractivity contribution in [1.82, 2.24) is 4.90 Å². The summed E-state index contributed by atoms with van der Waals surface area (Å²) < 4.78 is 5.96. The van der Waals surface area contributed by atoms with Crippen LogP contribution in [0.3, 0.4) is 0 Å². The van der Waals surface area contributed by atoms with Gasteiger partial charge in [-0.15, -0.1) is 0 Å². The molecule has 1 saturated heterocycles. The average molecular weight is 255 g/mol. The number of aliphatic hydroxyl groups excluding tert-OH is 1. The normalized spacial score (nSPS) is 46.0. The number of morpholine rings is 1. The van der Waals surface area contributed by atoms with Crippen LogP contribution in [0.2, 0.25) is 0 Å². The Morgan fingerprint density at radius 2 is 1.83 bits per heavy atom. The summed E-state index contributed by atoms with van der Waals surface area (Å²) in [6, 6.07) is 0.312. The van der Waals surface area contributed by atoms with Crippen molar-refractivity contribution in [1.29, 1.82) is 0 Å². The lowest BCUT2D eigenvalue weighted by Gasteiger charge is -2.50. The maximum absolute atomic E-state index is 10.4. The third-order valence-electron chi connectivity index (χ3n) is 4.41. The van der Waals surface area contributed by atoms with E-state index in [0.717, 1.165) is 19.5 Å². The van der Waals surface area contributed by atoms with Crippen LogP contribution in [0.5, 0.6) is 0 Å². The molecule has 1 saturated carbocycles. The van der Waals surface area contributed by atoms with E-state index in [9.17, 15) is 5.11 Å². The van der Waals surface area contributed by atoms with E-state index in [1.165, 1.54) is 6.42 Å². The number of ether oxygens (including phenoxy) is 1. The molecule has 0 aromatic heterocycles. The zero-order valence-corrected chi connectivity index (χ0v) is 12.5. The standard InChI is InChI=1S/C15H29NO2/c1-10-6-11(2)14(13(17)7-10)16-8-12(3)18-15(4,5)9-16/h10-14,17H,6-9H2,1-5H3. The van der Waals surface area contributed by atoms with Crippen LogP contribution < -0.4 is 0 Å². The molecule has 1 aliphatic carbocycles. The molecule has 1 heterocycles. The molecule has 1 aliphatic heterocycles. The first kappa shape index (κ1) is 14.3. The van der Waals surface area contributed by atoms with E-state index in [2.05, 4.69) is 39.5 Å². The summed E-state index contributed by atoms with van der Waals surface area (Å²) in [6.45, 7) is 12.9. The molecular weight excluding hydrogens is 226 g/mol. The molecular formula is C15H29NO2. The van der Waals surface area contributed by atoms with Crippen LogP contribution in [-0.2, 0) is 4.74 Å². The lowest BCUT2D eigenvalue weighted by atomic mass is 9.76. The van der Waals surface area contributed by atoms with Gasteiger partial charge in [0.1, 0.15) is 0 Å². The summed E-state index contributed by atoms with van der Waals surface area (Å²) in [5, 5.41) is 10.4. The van der Waals surface area contributed by atoms with Gasteiger partial charge in [0.15, 0.2) is 0 Å². The molecule has 0 amide bonds. The fourth-order valence-electron chi connectivity index (χ4n) is 4.13. The number of hydrogen-bond donors (Lipinski definition) is 1. The number of hydrogen-bond acceptors (Lipinski definition) is 3. The molecule has 0 aromatic rings.